The number of benzene rings is 1. The van der Waals surface area contributed by atoms with Crippen molar-refractivity contribution in [2.45, 2.75) is 13.5 Å². The van der Waals surface area contributed by atoms with Crippen LogP contribution in [0.2, 0.25) is 5.02 Å². The molecule has 9 heteroatoms. The summed E-state index contributed by atoms with van der Waals surface area (Å²) in [7, 11) is 0. The summed E-state index contributed by atoms with van der Waals surface area (Å²) in [6.07, 6.45) is 0. The molecule has 0 unspecified atom stereocenters. The first-order chi connectivity index (χ1) is 12.1. The summed E-state index contributed by atoms with van der Waals surface area (Å²) in [6, 6.07) is 9.78. The summed E-state index contributed by atoms with van der Waals surface area (Å²) in [4.78, 5) is 27.8. The van der Waals surface area contributed by atoms with Crippen molar-refractivity contribution >= 4 is 17.5 Å². The molecule has 1 aromatic carbocycles. The van der Waals surface area contributed by atoms with Gasteiger partial charge < -0.3 is 9.84 Å². The number of halogens is 1. The first kappa shape index (κ1) is 16.8. The van der Waals surface area contributed by atoms with Crippen molar-refractivity contribution in [2.75, 3.05) is 6.54 Å². The summed E-state index contributed by atoms with van der Waals surface area (Å²) in [5, 5.41) is 11.2. The van der Waals surface area contributed by atoms with Gasteiger partial charge >= 0.3 is 0 Å². The smallest absolute Gasteiger partial charge is 0.278 e. The third-order valence-corrected chi connectivity index (χ3v) is 3.50. The molecule has 3 rings (SSSR count). The molecule has 1 amide bonds. The van der Waals surface area contributed by atoms with Crippen LogP contribution in [0.1, 0.15) is 6.92 Å². The number of carbonyl (C=O) groups is 1. The summed E-state index contributed by atoms with van der Waals surface area (Å²) in [5.41, 5.74) is 0.590. The highest BCUT2D eigenvalue weighted by molar-refractivity contribution is 6.30. The molecule has 2 aromatic heterocycles. The Morgan fingerprint density at radius 3 is 2.92 bits per heavy atom. The zero-order chi connectivity index (χ0) is 17.8. The number of rotatable bonds is 5. The van der Waals surface area contributed by atoms with Crippen LogP contribution < -0.4 is 10.9 Å². The van der Waals surface area contributed by atoms with Gasteiger partial charge in [-0.2, -0.15) is 10.1 Å². The van der Waals surface area contributed by atoms with Gasteiger partial charge in [-0.3, -0.25) is 9.59 Å². The quantitative estimate of drug-likeness (QED) is 0.744. The highest BCUT2D eigenvalue weighted by atomic mass is 35.5. The molecule has 0 spiro atoms. The third-order valence-electron chi connectivity index (χ3n) is 3.26. The average Bonchev–Trinajstić information content (AvgIpc) is 3.07. The van der Waals surface area contributed by atoms with Gasteiger partial charge in [-0.15, -0.1) is 0 Å². The predicted molar refractivity (Wildman–Crippen MR) is 90.9 cm³/mol. The minimum atomic E-state index is -0.399. The van der Waals surface area contributed by atoms with Gasteiger partial charge in [-0.25, -0.2) is 4.68 Å². The Hall–Kier alpha value is -3.00. The van der Waals surface area contributed by atoms with Crippen molar-refractivity contribution in [3.8, 4) is 23.0 Å². The van der Waals surface area contributed by atoms with Gasteiger partial charge in [0.15, 0.2) is 0 Å². The maximum absolute atomic E-state index is 11.8. The topological polar surface area (TPSA) is 103 Å². The van der Waals surface area contributed by atoms with Gasteiger partial charge in [0.25, 0.3) is 11.4 Å². The zero-order valence-electron chi connectivity index (χ0n) is 13.3. The number of likely N-dealkylation sites (N-methyl/N-ethyl adjacent to an activating group) is 1. The van der Waals surface area contributed by atoms with Crippen LogP contribution in [0.15, 0.2) is 45.7 Å². The molecule has 0 aliphatic carbocycles. The van der Waals surface area contributed by atoms with Crippen LogP contribution in [0.3, 0.4) is 0 Å². The van der Waals surface area contributed by atoms with Crippen molar-refractivity contribution in [1.29, 1.82) is 0 Å². The van der Waals surface area contributed by atoms with E-state index in [1.54, 1.807) is 31.2 Å². The van der Waals surface area contributed by atoms with E-state index in [1.807, 2.05) is 0 Å². The molecular weight excluding hydrogens is 346 g/mol. The van der Waals surface area contributed by atoms with Gasteiger partial charge in [0.2, 0.25) is 11.7 Å². The molecule has 0 fully saturated rings. The second kappa shape index (κ2) is 7.27. The lowest BCUT2D eigenvalue weighted by Gasteiger charge is -2.05. The van der Waals surface area contributed by atoms with E-state index in [4.69, 9.17) is 16.1 Å². The van der Waals surface area contributed by atoms with Crippen LogP contribution in [-0.4, -0.2) is 32.4 Å². The molecule has 128 valence electrons. The van der Waals surface area contributed by atoms with Gasteiger partial charge in [-0.1, -0.05) is 28.9 Å². The molecule has 25 heavy (non-hydrogen) atoms. The minimum Gasteiger partial charge on any atom is -0.355 e. The van der Waals surface area contributed by atoms with E-state index >= 15 is 0 Å². The Morgan fingerprint density at radius 1 is 1.32 bits per heavy atom. The number of aromatic nitrogens is 4. The fourth-order valence-electron chi connectivity index (χ4n) is 2.14. The second-order valence-electron chi connectivity index (χ2n) is 5.10. The van der Waals surface area contributed by atoms with Crippen LogP contribution in [-0.2, 0) is 11.3 Å². The summed E-state index contributed by atoms with van der Waals surface area (Å²) < 4.78 is 6.25. The SMILES string of the molecule is CCNC(=O)Cn1nc(-c2nc(-c3cccc(Cl)c3)no2)ccc1=O. The molecule has 1 N–H and O–H groups in total. The van der Waals surface area contributed by atoms with E-state index in [0.717, 1.165) is 4.68 Å². The minimum absolute atomic E-state index is 0.139. The molecule has 0 atom stereocenters. The number of hydrogen-bond acceptors (Lipinski definition) is 6. The maximum atomic E-state index is 11.8. The molecule has 0 bridgehead atoms. The largest absolute Gasteiger partial charge is 0.355 e. The van der Waals surface area contributed by atoms with Crippen LogP contribution in [0, 0.1) is 0 Å². The molecule has 0 saturated heterocycles. The van der Waals surface area contributed by atoms with Gasteiger partial charge in [0.1, 0.15) is 12.2 Å². The van der Waals surface area contributed by atoms with E-state index in [-0.39, 0.29) is 18.3 Å². The van der Waals surface area contributed by atoms with Gasteiger partial charge in [-0.05, 0) is 25.1 Å². The highest BCUT2D eigenvalue weighted by Gasteiger charge is 2.14. The molecule has 8 nitrogen and oxygen atoms in total. The molecule has 3 aromatic rings. The third kappa shape index (κ3) is 3.92. The molecule has 0 radical (unpaired) electrons. The Labute approximate surface area is 147 Å². The molecule has 0 aliphatic heterocycles. The fourth-order valence-corrected chi connectivity index (χ4v) is 2.33. The molecule has 0 saturated carbocycles. The summed E-state index contributed by atoms with van der Waals surface area (Å²) in [6.45, 7) is 2.08. The Morgan fingerprint density at radius 2 is 2.16 bits per heavy atom. The van der Waals surface area contributed by atoms with Crippen molar-refractivity contribution in [2.24, 2.45) is 0 Å². The van der Waals surface area contributed by atoms with Crippen LogP contribution >= 0.6 is 11.6 Å². The average molecular weight is 360 g/mol. The highest BCUT2D eigenvalue weighted by Crippen LogP contribution is 2.22. The lowest BCUT2D eigenvalue weighted by atomic mass is 10.2. The van der Waals surface area contributed by atoms with Crippen molar-refractivity contribution in [1.82, 2.24) is 25.2 Å². The Bertz CT molecular complexity index is 966. The van der Waals surface area contributed by atoms with E-state index in [1.165, 1.54) is 12.1 Å². The first-order valence-corrected chi connectivity index (χ1v) is 7.89. The Balaban J connectivity index is 1.90. The van der Waals surface area contributed by atoms with Crippen LogP contribution in [0.4, 0.5) is 0 Å². The number of hydrogen-bond donors (Lipinski definition) is 1. The molecular formula is C16H14ClN5O3. The van der Waals surface area contributed by atoms with E-state index in [0.29, 0.717) is 28.6 Å². The lowest BCUT2D eigenvalue weighted by molar-refractivity contribution is -0.121. The van der Waals surface area contributed by atoms with Crippen molar-refractivity contribution in [3.63, 3.8) is 0 Å². The number of amides is 1. The monoisotopic (exact) mass is 359 g/mol. The molecule has 0 aliphatic rings. The number of nitrogens with one attached hydrogen (secondary N) is 1. The number of nitrogens with zero attached hydrogens (tertiary/aromatic N) is 4. The van der Waals surface area contributed by atoms with Gasteiger partial charge in [0, 0.05) is 23.2 Å². The van der Waals surface area contributed by atoms with Gasteiger partial charge in [0.05, 0.1) is 0 Å². The van der Waals surface area contributed by atoms with E-state index < -0.39 is 5.56 Å². The standard InChI is InChI=1S/C16H14ClN5O3/c1-2-18-13(23)9-22-14(24)7-6-12(20-22)16-19-15(21-25-16)10-4-3-5-11(17)8-10/h3-8H,2,9H2,1H3,(H,18,23). The summed E-state index contributed by atoms with van der Waals surface area (Å²) in [5.74, 6) is 0.180. The Kier molecular flexibility index (Phi) is 4.90. The number of carbonyl (C=O) groups excluding carboxylic acids is 1. The van der Waals surface area contributed by atoms with E-state index in [9.17, 15) is 9.59 Å². The zero-order valence-corrected chi connectivity index (χ0v) is 14.0. The summed E-state index contributed by atoms with van der Waals surface area (Å²) >= 11 is 5.96. The maximum Gasteiger partial charge on any atom is 0.278 e. The van der Waals surface area contributed by atoms with Crippen molar-refractivity contribution in [3.05, 3.63) is 51.8 Å². The predicted octanol–water partition coefficient (Wildman–Crippen LogP) is 1.75. The first-order valence-electron chi connectivity index (χ1n) is 7.51. The van der Waals surface area contributed by atoms with Crippen LogP contribution in [0.5, 0.6) is 0 Å². The normalized spacial score (nSPS) is 10.6. The lowest BCUT2D eigenvalue weighted by Crippen LogP contribution is -2.33. The second-order valence-corrected chi connectivity index (χ2v) is 5.54. The van der Waals surface area contributed by atoms with Crippen molar-refractivity contribution < 1.29 is 9.32 Å². The molecule has 2 heterocycles. The van der Waals surface area contributed by atoms with Crippen LogP contribution in [0.25, 0.3) is 23.0 Å². The van der Waals surface area contributed by atoms with E-state index in [2.05, 4.69) is 20.6 Å². The fraction of sp³-hybridized carbons (Fsp3) is 0.188.